The molecular weight excluding hydrogens is 575 g/mol. The van der Waals surface area contributed by atoms with Gasteiger partial charge in [-0.05, 0) is 61.9 Å². The first-order valence-electron chi connectivity index (χ1n) is 12.8. The smallest absolute Gasteiger partial charge is 0.416 e. The minimum absolute atomic E-state index is 0. The molecule has 1 aromatic carbocycles. The van der Waals surface area contributed by atoms with Crippen LogP contribution in [0.1, 0.15) is 50.2 Å². The molecule has 0 spiro atoms. The number of anilines is 1. The zero-order valence-electron chi connectivity index (χ0n) is 21.9. The van der Waals surface area contributed by atoms with Crippen LogP contribution in [-0.4, -0.2) is 70.8 Å². The van der Waals surface area contributed by atoms with E-state index in [0.717, 1.165) is 24.1 Å². The van der Waals surface area contributed by atoms with E-state index in [1.165, 1.54) is 16.4 Å². The summed E-state index contributed by atoms with van der Waals surface area (Å²) in [6.07, 6.45) is 0.0282. The van der Waals surface area contributed by atoms with Crippen molar-refractivity contribution in [2.24, 2.45) is 0 Å². The zero-order chi connectivity index (χ0) is 28.3. The van der Waals surface area contributed by atoms with Crippen molar-refractivity contribution >= 4 is 34.3 Å². The highest BCUT2D eigenvalue weighted by molar-refractivity contribution is 7.90. The lowest BCUT2D eigenvalue weighted by molar-refractivity contribution is -0.137. The molecule has 0 aliphatic carbocycles. The highest BCUT2D eigenvalue weighted by atomic mass is 35.5. The topological polar surface area (TPSA) is 125 Å². The molecule has 0 saturated carbocycles. The number of ether oxygens (including phenoxy) is 1. The largest absolute Gasteiger partial charge is 0.490 e. The van der Waals surface area contributed by atoms with E-state index in [-0.39, 0.29) is 50.2 Å². The highest BCUT2D eigenvalue weighted by Gasteiger charge is 2.51. The summed E-state index contributed by atoms with van der Waals surface area (Å²) in [5, 5.41) is 9.15. The van der Waals surface area contributed by atoms with Gasteiger partial charge in [0.05, 0.1) is 10.3 Å². The van der Waals surface area contributed by atoms with Gasteiger partial charge in [-0.3, -0.25) is 10.0 Å². The predicted molar refractivity (Wildman–Crippen MR) is 143 cm³/mol. The first-order valence-corrected chi connectivity index (χ1v) is 14.2. The normalized spacial score (nSPS) is 18.6. The van der Waals surface area contributed by atoms with E-state index in [4.69, 9.17) is 9.94 Å². The Bertz CT molecular complexity index is 1230. The first kappa shape index (κ1) is 31.8. The molecule has 0 bridgehead atoms. The summed E-state index contributed by atoms with van der Waals surface area (Å²) in [5.74, 6) is -0.0101. The second-order valence-electron chi connectivity index (χ2n) is 9.87. The second kappa shape index (κ2) is 12.9. The van der Waals surface area contributed by atoms with Crippen molar-refractivity contribution in [3.63, 3.8) is 0 Å². The van der Waals surface area contributed by atoms with E-state index >= 15 is 0 Å². The monoisotopic (exact) mass is 607 g/mol. The third-order valence-electron chi connectivity index (χ3n) is 7.44. The standard InChI is InChI=1S/C25H32F3N5O5S.ClH/c1-2-18-16-29-23(30-17-18)32-13-9-24(10-14-32,15-22(34)31-35)39(36,37)33-11-7-21(8-12-33)38-20-5-3-19(4-6-20)25(26,27)28;/h3-6,16-17,21,35H,2,7-15H2,1H3,(H,31,34);1H. The Morgan fingerprint density at radius 3 is 2.17 bits per heavy atom. The molecule has 2 saturated heterocycles. The maximum atomic E-state index is 13.9. The average molecular weight is 608 g/mol. The molecule has 1 aromatic heterocycles. The molecule has 222 valence electrons. The number of sulfonamides is 1. The quantitative estimate of drug-likeness (QED) is 0.345. The van der Waals surface area contributed by atoms with Gasteiger partial charge in [-0.15, -0.1) is 12.4 Å². The van der Waals surface area contributed by atoms with Gasteiger partial charge in [-0.2, -0.15) is 13.2 Å². The maximum Gasteiger partial charge on any atom is 0.416 e. The van der Waals surface area contributed by atoms with Gasteiger partial charge in [-0.1, -0.05) is 6.92 Å². The number of carbonyl (C=O) groups excluding carboxylic acids is 1. The van der Waals surface area contributed by atoms with Crippen molar-refractivity contribution in [2.45, 2.75) is 62.5 Å². The van der Waals surface area contributed by atoms with Crippen LogP contribution in [0.15, 0.2) is 36.7 Å². The number of benzene rings is 1. The van der Waals surface area contributed by atoms with Crippen LogP contribution in [0.3, 0.4) is 0 Å². The molecule has 2 aliphatic heterocycles. The molecule has 2 aromatic rings. The Morgan fingerprint density at radius 2 is 1.68 bits per heavy atom. The fraction of sp³-hybridized carbons (Fsp3) is 0.560. The fourth-order valence-corrected chi connectivity index (χ4v) is 7.30. The third kappa shape index (κ3) is 6.96. The van der Waals surface area contributed by atoms with E-state index in [1.807, 2.05) is 11.8 Å². The number of hydrogen-bond donors (Lipinski definition) is 2. The highest BCUT2D eigenvalue weighted by Crippen LogP contribution is 2.38. The molecule has 40 heavy (non-hydrogen) atoms. The summed E-state index contributed by atoms with van der Waals surface area (Å²) in [6, 6.07) is 4.39. The van der Waals surface area contributed by atoms with E-state index < -0.39 is 38.8 Å². The lowest BCUT2D eigenvalue weighted by atomic mass is 9.92. The first-order chi connectivity index (χ1) is 18.5. The SMILES string of the molecule is CCc1cnc(N2CCC(CC(=O)NO)(S(=O)(=O)N3CCC(Oc4ccc(C(F)(F)F)cc4)CC3)CC2)nc1.Cl. The lowest BCUT2D eigenvalue weighted by Gasteiger charge is -2.44. The number of nitrogens with zero attached hydrogens (tertiary/aromatic N) is 4. The van der Waals surface area contributed by atoms with Gasteiger partial charge < -0.3 is 9.64 Å². The molecule has 2 aliphatic rings. The summed E-state index contributed by atoms with van der Waals surface area (Å²) in [5.41, 5.74) is 1.77. The minimum Gasteiger partial charge on any atom is -0.490 e. The molecule has 2 fully saturated rings. The number of amides is 1. The Morgan fingerprint density at radius 1 is 1.10 bits per heavy atom. The molecule has 0 atom stereocenters. The fourth-order valence-electron chi connectivity index (χ4n) is 5.05. The summed E-state index contributed by atoms with van der Waals surface area (Å²) < 4.78 is 72.0. The Hall–Kier alpha value is -2.68. The third-order valence-corrected chi connectivity index (χ3v) is 10.1. The molecule has 2 N–H and O–H groups in total. The van der Waals surface area contributed by atoms with Crippen LogP contribution in [0, 0.1) is 0 Å². The van der Waals surface area contributed by atoms with Gasteiger partial charge in [0, 0.05) is 45.0 Å². The van der Waals surface area contributed by atoms with Crippen LogP contribution < -0.4 is 15.1 Å². The zero-order valence-corrected chi connectivity index (χ0v) is 23.6. The van der Waals surface area contributed by atoms with E-state index in [2.05, 4.69) is 9.97 Å². The van der Waals surface area contributed by atoms with Crippen molar-refractivity contribution in [1.29, 1.82) is 0 Å². The van der Waals surface area contributed by atoms with Gasteiger partial charge in [-0.25, -0.2) is 28.2 Å². The Balaban J connectivity index is 0.00000441. The van der Waals surface area contributed by atoms with Gasteiger partial charge in [0.2, 0.25) is 21.9 Å². The maximum absolute atomic E-state index is 13.9. The number of nitrogens with one attached hydrogen (secondary N) is 1. The molecule has 15 heteroatoms. The molecule has 0 radical (unpaired) electrons. The van der Waals surface area contributed by atoms with Crippen LogP contribution >= 0.6 is 12.4 Å². The molecule has 10 nitrogen and oxygen atoms in total. The number of alkyl halides is 3. The van der Waals surface area contributed by atoms with Crippen molar-refractivity contribution in [3.8, 4) is 5.75 Å². The number of hydroxylamine groups is 1. The summed E-state index contributed by atoms with van der Waals surface area (Å²) in [7, 11) is -3.97. The van der Waals surface area contributed by atoms with Crippen LogP contribution in [0.5, 0.6) is 5.75 Å². The number of aromatic nitrogens is 2. The molecule has 0 unspecified atom stereocenters. The van der Waals surface area contributed by atoms with Crippen LogP contribution in [0.4, 0.5) is 19.1 Å². The van der Waals surface area contributed by atoms with Crippen LogP contribution in [-0.2, 0) is 27.4 Å². The van der Waals surface area contributed by atoms with Crippen LogP contribution in [0.2, 0.25) is 0 Å². The Labute approximate surface area is 237 Å². The van der Waals surface area contributed by atoms with E-state index in [0.29, 0.717) is 31.9 Å². The van der Waals surface area contributed by atoms with Gasteiger partial charge >= 0.3 is 6.18 Å². The predicted octanol–water partition coefficient (Wildman–Crippen LogP) is 3.59. The molecule has 4 rings (SSSR count). The minimum atomic E-state index is -4.44. The number of carbonyl (C=O) groups is 1. The number of hydrogen-bond acceptors (Lipinski definition) is 8. The molecule has 3 heterocycles. The molecule has 1 amide bonds. The van der Waals surface area contributed by atoms with Gasteiger partial charge in [0.15, 0.2) is 0 Å². The van der Waals surface area contributed by atoms with E-state index in [1.54, 1.807) is 17.9 Å². The van der Waals surface area contributed by atoms with Crippen LogP contribution in [0.25, 0.3) is 0 Å². The second-order valence-corrected chi connectivity index (χ2v) is 12.2. The van der Waals surface area contributed by atoms with Crippen molar-refractivity contribution in [1.82, 2.24) is 19.8 Å². The van der Waals surface area contributed by atoms with Crippen molar-refractivity contribution in [3.05, 3.63) is 47.8 Å². The van der Waals surface area contributed by atoms with Gasteiger partial charge in [0.25, 0.3) is 0 Å². The Kier molecular flexibility index (Phi) is 10.3. The van der Waals surface area contributed by atoms with Crippen molar-refractivity contribution in [2.75, 3.05) is 31.1 Å². The summed E-state index contributed by atoms with van der Waals surface area (Å²) >= 11 is 0. The molecular formula is C25H33ClF3N5O5S. The van der Waals surface area contributed by atoms with E-state index in [9.17, 15) is 26.4 Å². The number of aryl methyl sites for hydroxylation is 1. The summed E-state index contributed by atoms with van der Waals surface area (Å²) in [6.45, 7) is 2.91. The number of rotatable bonds is 8. The van der Waals surface area contributed by atoms with Gasteiger partial charge in [0.1, 0.15) is 11.9 Å². The summed E-state index contributed by atoms with van der Waals surface area (Å²) in [4.78, 5) is 22.8. The number of halogens is 4. The number of piperidine rings is 2. The average Bonchev–Trinajstić information content (AvgIpc) is 2.93. The van der Waals surface area contributed by atoms with Crippen molar-refractivity contribution < 1.29 is 36.3 Å². The lowest BCUT2D eigenvalue weighted by Crippen LogP contribution is -2.57.